The second kappa shape index (κ2) is 6.00. The number of rotatable bonds is 4. The zero-order valence-corrected chi connectivity index (χ0v) is 9.41. The number of halogens is 3. The molecule has 0 saturated heterocycles. The maximum Gasteiger partial charge on any atom is 0.311 e. The minimum Gasteiger partial charge on any atom is -0.466 e. The number of aromatic nitrogens is 1. The van der Waals surface area contributed by atoms with E-state index in [1.54, 1.807) is 6.92 Å². The van der Waals surface area contributed by atoms with Crippen LogP contribution in [-0.2, 0) is 16.0 Å². The van der Waals surface area contributed by atoms with Gasteiger partial charge in [0.2, 0.25) is 0 Å². The van der Waals surface area contributed by atoms with Gasteiger partial charge in [-0.05, 0) is 13.0 Å². The van der Waals surface area contributed by atoms with E-state index in [4.69, 9.17) is 5.26 Å². The highest BCUT2D eigenvalue weighted by molar-refractivity contribution is 5.72. The predicted molar refractivity (Wildman–Crippen MR) is 54.2 cm³/mol. The summed E-state index contributed by atoms with van der Waals surface area (Å²) in [6.45, 7) is 1.66. The van der Waals surface area contributed by atoms with Gasteiger partial charge in [-0.2, -0.15) is 5.26 Å². The molecule has 1 aromatic heterocycles. The molecule has 0 bridgehead atoms. The largest absolute Gasteiger partial charge is 0.466 e. The van der Waals surface area contributed by atoms with Gasteiger partial charge in [-0.25, -0.2) is 18.2 Å². The van der Waals surface area contributed by atoms with E-state index in [1.807, 2.05) is 0 Å². The highest BCUT2D eigenvalue weighted by Gasteiger charge is 2.20. The number of alkyl halides is 2. The van der Waals surface area contributed by atoms with Crippen molar-refractivity contribution in [2.75, 3.05) is 6.61 Å². The molecule has 0 saturated carbocycles. The summed E-state index contributed by atoms with van der Waals surface area (Å²) in [5, 5.41) is 8.57. The highest BCUT2D eigenvalue weighted by Crippen LogP contribution is 2.22. The maximum absolute atomic E-state index is 13.4. The zero-order chi connectivity index (χ0) is 13.7. The lowest BCUT2D eigenvalue weighted by atomic mass is 10.1. The van der Waals surface area contributed by atoms with Gasteiger partial charge in [-0.1, -0.05) is 0 Å². The summed E-state index contributed by atoms with van der Waals surface area (Å²) in [6, 6.07) is 2.07. The van der Waals surface area contributed by atoms with Crippen LogP contribution < -0.4 is 0 Å². The Labute approximate surface area is 101 Å². The van der Waals surface area contributed by atoms with Crippen molar-refractivity contribution in [3.8, 4) is 6.07 Å². The molecular formula is C11H9F3N2O2. The molecule has 0 amide bonds. The van der Waals surface area contributed by atoms with E-state index < -0.39 is 41.6 Å². The molecule has 0 radical (unpaired) electrons. The molecule has 0 atom stereocenters. The van der Waals surface area contributed by atoms with Crippen molar-refractivity contribution >= 4 is 5.97 Å². The molecular weight excluding hydrogens is 249 g/mol. The van der Waals surface area contributed by atoms with Crippen molar-refractivity contribution in [3.05, 3.63) is 28.8 Å². The zero-order valence-electron chi connectivity index (χ0n) is 9.41. The van der Waals surface area contributed by atoms with E-state index >= 15 is 0 Å². The molecule has 96 valence electrons. The Hall–Kier alpha value is -2.10. The van der Waals surface area contributed by atoms with Crippen LogP contribution in [0.4, 0.5) is 13.2 Å². The average molecular weight is 258 g/mol. The molecule has 0 aliphatic carbocycles. The lowest BCUT2D eigenvalue weighted by Crippen LogP contribution is -2.12. The molecule has 1 heterocycles. The van der Waals surface area contributed by atoms with Crippen LogP contribution in [0.1, 0.15) is 30.3 Å². The maximum atomic E-state index is 13.4. The fourth-order valence-corrected chi connectivity index (χ4v) is 1.27. The Morgan fingerprint density at radius 2 is 2.28 bits per heavy atom. The third-order valence-corrected chi connectivity index (χ3v) is 2.02. The van der Waals surface area contributed by atoms with Gasteiger partial charge in [0.05, 0.1) is 24.3 Å². The number of carbonyl (C=O) groups excluding carboxylic acids is 1. The van der Waals surface area contributed by atoms with Crippen molar-refractivity contribution in [1.82, 2.24) is 4.98 Å². The summed E-state index contributed by atoms with van der Waals surface area (Å²) in [7, 11) is 0. The van der Waals surface area contributed by atoms with Gasteiger partial charge in [0.1, 0.15) is 17.6 Å². The summed E-state index contributed by atoms with van der Waals surface area (Å²) in [5.74, 6) is -1.75. The van der Waals surface area contributed by atoms with Crippen LogP contribution in [0.15, 0.2) is 6.07 Å². The van der Waals surface area contributed by atoms with Crippen molar-refractivity contribution < 1.29 is 22.7 Å². The van der Waals surface area contributed by atoms with Crippen LogP contribution in [0, 0.1) is 17.1 Å². The van der Waals surface area contributed by atoms with Gasteiger partial charge < -0.3 is 4.74 Å². The fourth-order valence-electron chi connectivity index (χ4n) is 1.27. The summed E-state index contributed by atoms with van der Waals surface area (Å²) in [4.78, 5) is 14.4. The van der Waals surface area contributed by atoms with Gasteiger partial charge in [0, 0.05) is 0 Å². The molecule has 4 nitrogen and oxygen atoms in total. The smallest absolute Gasteiger partial charge is 0.311 e. The second-order valence-corrected chi connectivity index (χ2v) is 3.24. The standard InChI is InChI=1S/C11H9F3N2O2/c1-2-18-9(17)4-8-7(12)3-6(5-15)10(16-8)11(13)14/h3,11H,2,4H2,1H3. The van der Waals surface area contributed by atoms with Gasteiger partial charge in [-0.15, -0.1) is 0 Å². The minimum absolute atomic E-state index is 0.0957. The molecule has 0 aromatic carbocycles. The molecule has 0 fully saturated rings. The molecule has 1 aromatic rings. The normalized spacial score (nSPS) is 10.2. The lowest BCUT2D eigenvalue weighted by molar-refractivity contribution is -0.142. The second-order valence-electron chi connectivity index (χ2n) is 3.24. The van der Waals surface area contributed by atoms with Crippen molar-refractivity contribution in [2.24, 2.45) is 0 Å². The van der Waals surface area contributed by atoms with Crippen LogP contribution in [0.5, 0.6) is 0 Å². The SMILES string of the molecule is CCOC(=O)Cc1nc(C(F)F)c(C#N)cc1F. The van der Waals surface area contributed by atoms with E-state index in [1.165, 1.54) is 6.07 Å². The first-order chi connectivity index (χ1) is 8.49. The monoisotopic (exact) mass is 258 g/mol. The number of nitrogens with zero attached hydrogens (tertiary/aromatic N) is 2. The number of hydrogen-bond donors (Lipinski definition) is 0. The Kier molecular flexibility index (Phi) is 4.66. The molecule has 0 aliphatic heterocycles. The van der Waals surface area contributed by atoms with Gasteiger partial charge in [0.25, 0.3) is 6.43 Å². The van der Waals surface area contributed by atoms with E-state index in [2.05, 4.69) is 9.72 Å². The molecule has 18 heavy (non-hydrogen) atoms. The van der Waals surface area contributed by atoms with E-state index in [-0.39, 0.29) is 6.61 Å². The molecule has 0 unspecified atom stereocenters. The van der Waals surface area contributed by atoms with Gasteiger partial charge >= 0.3 is 5.97 Å². The third-order valence-electron chi connectivity index (χ3n) is 2.02. The number of ether oxygens (including phenoxy) is 1. The number of carbonyl (C=O) groups is 1. The third kappa shape index (κ3) is 3.20. The molecule has 7 heteroatoms. The quantitative estimate of drug-likeness (QED) is 0.776. The summed E-state index contributed by atoms with van der Waals surface area (Å²) < 4.78 is 43.1. The van der Waals surface area contributed by atoms with Crippen molar-refractivity contribution in [2.45, 2.75) is 19.8 Å². The van der Waals surface area contributed by atoms with E-state index in [0.29, 0.717) is 6.07 Å². The first-order valence-corrected chi connectivity index (χ1v) is 5.02. The minimum atomic E-state index is -3.01. The van der Waals surface area contributed by atoms with E-state index in [9.17, 15) is 18.0 Å². The molecule has 0 spiro atoms. The Morgan fingerprint density at radius 3 is 2.78 bits per heavy atom. The van der Waals surface area contributed by atoms with Crippen molar-refractivity contribution in [1.29, 1.82) is 5.26 Å². The van der Waals surface area contributed by atoms with Gasteiger partial charge in [-0.3, -0.25) is 4.79 Å². The van der Waals surface area contributed by atoms with Crippen LogP contribution in [-0.4, -0.2) is 17.6 Å². The van der Waals surface area contributed by atoms with Crippen LogP contribution in [0.3, 0.4) is 0 Å². The summed E-state index contributed by atoms with van der Waals surface area (Å²) in [5.41, 5.74) is -1.84. The number of esters is 1. The van der Waals surface area contributed by atoms with E-state index in [0.717, 1.165) is 0 Å². The fraction of sp³-hybridized carbons (Fsp3) is 0.364. The first kappa shape index (κ1) is 14.0. The summed E-state index contributed by atoms with van der Waals surface area (Å²) in [6.07, 6.45) is -3.56. The Balaban J connectivity index is 3.10. The molecule has 0 aliphatic rings. The number of pyridine rings is 1. The first-order valence-electron chi connectivity index (χ1n) is 5.02. The number of hydrogen-bond acceptors (Lipinski definition) is 4. The number of nitriles is 1. The Bertz CT molecular complexity index is 498. The van der Waals surface area contributed by atoms with Crippen LogP contribution >= 0.6 is 0 Å². The summed E-state index contributed by atoms with van der Waals surface area (Å²) >= 11 is 0. The van der Waals surface area contributed by atoms with Gasteiger partial charge in [0.15, 0.2) is 0 Å². The Morgan fingerprint density at radius 1 is 1.61 bits per heavy atom. The van der Waals surface area contributed by atoms with Crippen LogP contribution in [0.2, 0.25) is 0 Å². The highest BCUT2D eigenvalue weighted by atomic mass is 19.3. The predicted octanol–water partition coefficient (Wildman–Crippen LogP) is 2.14. The topological polar surface area (TPSA) is 63.0 Å². The lowest BCUT2D eigenvalue weighted by Gasteiger charge is -2.07. The average Bonchev–Trinajstić information content (AvgIpc) is 2.31. The van der Waals surface area contributed by atoms with Crippen molar-refractivity contribution in [3.63, 3.8) is 0 Å². The van der Waals surface area contributed by atoms with Crippen LogP contribution in [0.25, 0.3) is 0 Å². The molecule has 1 rings (SSSR count). The molecule has 0 N–H and O–H groups in total.